The van der Waals surface area contributed by atoms with Gasteiger partial charge in [0.25, 0.3) is 5.56 Å². The Morgan fingerprint density at radius 1 is 1.00 bits per heavy atom. The second-order valence-corrected chi connectivity index (χ2v) is 7.67. The molecule has 0 radical (unpaired) electrons. The van der Waals surface area contributed by atoms with E-state index in [1.807, 2.05) is 5.01 Å². The molecule has 2 aromatic heterocycles. The lowest BCUT2D eigenvalue weighted by Gasteiger charge is -2.32. The SMILES string of the molecule is Cn1c(=O)c(-c2ccc(F)cc2)c(-c2ccnc(Oc3ccccc3F)n2)n1N1CCOCC1. The van der Waals surface area contributed by atoms with E-state index in [0.717, 1.165) is 0 Å². The second-order valence-electron chi connectivity index (χ2n) is 7.67. The molecule has 10 heteroatoms. The fraction of sp³-hybridized carbons (Fsp3) is 0.208. The van der Waals surface area contributed by atoms with Crippen molar-refractivity contribution in [2.45, 2.75) is 0 Å². The van der Waals surface area contributed by atoms with E-state index in [0.29, 0.717) is 48.8 Å². The smallest absolute Gasteiger partial charge is 0.322 e. The zero-order valence-electron chi connectivity index (χ0n) is 18.3. The summed E-state index contributed by atoms with van der Waals surface area (Å²) in [5, 5.41) is 1.98. The maximum Gasteiger partial charge on any atom is 0.322 e. The van der Waals surface area contributed by atoms with Gasteiger partial charge in [-0.3, -0.25) is 9.80 Å². The average molecular weight is 465 g/mol. The van der Waals surface area contributed by atoms with Gasteiger partial charge in [0.05, 0.1) is 37.6 Å². The lowest BCUT2D eigenvalue weighted by Crippen LogP contribution is -2.47. The Balaban J connectivity index is 1.68. The Hall–Kier alpha value is -4.05. The topological polar surface area (TPSA) is 74.4 Å². The van der Waals surface area contributed by atoms with Gasteiger partial charge >= 0.3 is 6.01 Å². The summed E-state index contributed by atoms with van der Waals surface area (Å²) in [4.78, 5) is 23.7. The summed E-state index contributed by atoms with van der Waals surface area (Å²) in [7, 11) is 1.66. The molecule has 5 rings (SSSR count). The predicted molar refractivity (Wildman–Crippen MR) is 121 cm³/mol. The van der Waals surface area contributed by atoms with Crippen LogP contribution in [0.5, 0.6) is 11.8 Å². The molecule has 1 fully saturated rings. The lowest BCUT2D eigenvalue weighted by molar-refractivity contribution is 0.107. The third kappa shape index (κ3) is 4.03. The van der Waals surface area contributed by atoms with Crippen molar-refractivity contribution in [2.75, 3.05) is 31.3 Å². The van der Waals surface area contributed by atoms with Gasteiger partial charge < -0.3 is 9.47 Å². The first-order valence-corrected chi connectivity index (χ1v) is 10.7. The van der Waals surface area contributed by atoms with Gasteiger partial charge in [-0.05, 0) is 35.9 Å². The highest BCUT2D eigenvalue weighted by molar-refractivity contribution is 5.79. The number of para-hydroxylation sites is 1. The molecule has 0 spiro atoms. The zero-order valence-corrected chi connectivity index (χ0v) is 18.3. The number of halogens is 2. The normalized spacial score (nSPS) is 13.8. The average Bonchev–Trinajstić information content (AvgIpc) is 3.12. The summed E-state index contributed by atoms with van der Waals surface area (Å²) in [5.74, 6) is -0.970. The van der Waals surface area contributed by atoms with Gasteiger partial charge in [-0.1, -0.05) is 24.3 Å². The molecule has 174 valence electrons. The molecule has 0 saturated carbocycles. The van der Waals surface area contributed by atoms with Crippen LogP contribution < -0.4 is 15.3 Å². The van der Waals surface area contributed by atoms with Gasteiger partial charge in [0.2, 0.25) is 0 Å². The first kappa shape index (κ1) is 21.8. The molecule has 0 N–H and O–H groups in total. The van der Waals surface area contributed by atoms with Gasteiger partial charge in [0.1, 0.15) is 11.5 Å². The van der Waals surface area contributed by atoms with E-state index in [2.05, 4.69) is 9.97 Å². The highest BCUT2D eigenvalue weighted by Gasteiger charge is 2.27. The third-order valence-electron chi connectivity index (χ3n) is 5.53. The number of hydrogen-bond donors (Lipinski definition) is 0. The van der Waals surface area contributed by atoms with Crippen molar-refractivity contribution in [1.82, 2.24) is 19.4 Å². The van der Waals surface area contributed by atoms with E-state index in [-0.39, 0.29) is 17.3 Å². The summed E-state index contributed by atoms with van der Waals surface area (Å²) < 4.78 is 40.3. The predicted octanol–water partition coefficient (Wildman–Crippen LogP) is 3.35. The molecule has 8 nitrogen and oxygen atoms in total. The van der Waals surface area contributed by atoms with Gasteiger partial charge in [0, 0.05) is 13.2 Å². The van der Waals surface area contributed by atoms with Crippen molar-refractivity contribution >= 4 is 0 Å². The monoisotopic (exact) mass is 465 g/mol. The Labute approximate surface area is 193 Å². The van der Waals surface area contributed by atoms with Crippen LogP contribution in [0.2, 0.25) is 0 Å². The van der Waals surface area contributed by atoms with E-state index in [9.17, 15) is 13.6 Å². The minimum absolute atomic E-state index is 0.0166. The summed E-state index contributed by atoms with van der Waals surface area (Å²) in [6.07, 6.45) is 1.48. The number of aromatic nitrogens is 4. The molecular weight excluding hydrogens is 444 g/mol. The van der Waals surface area contributed by atoms with E-state index in [1.165, 1.54) is 35.1 Å². The number of benzene rings is 2. The van der Waals surface area contributed by atoms with Crippen LogP contribution in [0.25, 0.3) is 22.5 Å². The second kappa shape index (κ2) is 9.06. The van der Waals surface area contributed by atoms with E-state index in [4.69, 9.17) is 9.47 Å². The lowest BCUT2D eigenvalue weighted by atomic mass is 10.0. The Kier molecular flexibility index (Phi) is 5.81. The molecule has 0 bridgehead atoms. The van der Waals surface area contributed by atoms with Crippen LogP contribution in [0, 0.1) is 11.6 Å². The highest BCUT2D eigenvalue weighted by atomic mass is 19.1. The molecule has 2 aromatic carbocycles. The summed E-state index contributed by atoms with van der Waals surface area (Å²) >= 11 is 0. The van der Waals surface area contributed by atoms with Crippen LogP contribution in [-0.2, 0) is 11.8 Å². The van der Waals surface area contributed by atoms with Crippen molar-refractivity contribution in [3.63, 3.8) is 0 Å². The van der Waals surface area contributed by atoms with Gasteiger partial charge in [-0.25, -0.2) is 18.4 Å². The number of morpholine rings is 1. The van der Waals surface area contributed by atoms with Crippen LogP contribution in [0.1, 0.15) is 0 Å². The molecular formula is C24H21F2N5O3. The fourth-order valence-corrected chi connectivity index (χ4v) is 3.93. The molecule has 0 atom stereocenters. The minimum Gasteiger partial charge on any atom is -0.421 e. The maximum atomic E-state index is 14.1. The van der Waals surface area contributed by atoms with E-state index >= 15 is 0 Å². The fourth-order valence-electron chi connectivity index (χ4n) is 3.93. The summed E-state index contributed by atoms with van der Waals surface area (Å²) in [6.45, 7) is 2.12. The Morgan fingerprint density at radius 2 is 1.74 bits per heavy atom. The van der Waals surface area contributed by atoms with Crippen molar-refractivity contribution in [3.8, 4) is 34.3 Å². The number of nitrogens with zero attached hydrogens (tertiary/aromatic N) is 5. The van der Waals surface area contributed by atoms with Crippen molar-refractivity contribution < 1.29 is 18.3 Å². The first-order valence-electron chi connectivity index (χ1n) is 10.7. The number of hydrogen-bond acceptors (Lipinski definition) is 6. The highest BCUT2D eigenvalue weighted by Crippen LogP contribution is 2.31. The molecule has 34 heavy (non-hydrogen) atoms. The molecule has 0 amide bonds. The maximum absolute atomic E-state index is 14.1. The molecule has 1 aliphatic heterocycles. The van der Waals surface area contributed by atoms with E-state index < -0.39 is 11.6 Å². The first-order chi connectivity index (χ1) is 16.5. The standard InChI is InChI=1S/C24H21F2N5O3/c1-29-23(32)21(16-6-8-17(25)9-7-16)22(31(29)30-12-14-33-15-13-30)19-10-11-27-24(28-19)34-20-5-3-2-4-18(20)26/h2-11H,12-15H2,1H3. The Bertz CT molecular complexity index is 1380. The quantitative estimate of drug-likeness (QED) is 0.450. The molecule has 1 aliphatic rings. The minimum atomic E-state index is -0.548. The molecule has 1 saturated heterocycles. The van der Waals surface area contributed by atoms with Gasteiger partial charge in [-0.15, -0.1) is 0 Å². The van der Waals surface area contributed by atoms with Crippen LogP contribution in [-0.4, -0.2) is 45.7 Å². The molecule has 0 unspecified atom stereocenters. The zero-order chi connectivity index (χ0) is 23.7. The van der Waals surface area contributed by atoms with Crippen molar-refractivity contribution in [1.29, 1.82) is 0 Å². The largest absolute Gasteiger partial charge is 0.421 e. The summed E-state index contributed by atoms with van der Waals surface area (Å²) in [5.41, 5.74) is 1.50. The van der Waals surface area contributed by atoms with Crippen molar-refractivity contribution in [2.24, 2.45) is 7.05 Å². The van der Waals surface area contributed by atoms with Crippen molar-refractivity contribution in [3.05, 3.63) is 82.8 Å². The van der Waals surface area contributed by atoms with Crippen LogP contribution in [0.4, 0.5) is 8.78 Å². The number of ether oxygens (including phenoxy) is 2. The molecule has 4 aromatic rings. The summed E-state index contributed by atoms with van der Waals surface area (Å²) in [6, 6.07) is 13.2. The number of rotatable bonds is 5. The third-order valence-corrected chi connectivity index (χ3v) is 5.53. The molecule has 3 heterocycles. The van der Waals surface area contributed by atoms with Crippen LogP contribution in [0.3, 0.4) is 0 Å². The van der Waals surface area contributed by atoms with E-state index in [1.54, 1.807) is 42.2 Å². The molecule has 0 aliphatic carbocycles. The van der Waals surface area contributed by atoms with Crippen LogP contribution in [0.15, 0.2) is 65.6 Å². The Morgan fingerprint density at radius 3 is 2.47 bits per heavy atom. The van der Waals surface area contributed by atoms with Gasteiger partial charge in [-0.2, -0.15) is 9.77 Å². The van der Waals surface area contributed by atoms with Gasteiger partial charge in [0.15, 0.2) is 11.6 Å². The van der Waals surface area contributed by atoms with Crippen LogP contribution >= 0.6 is 0 Å².